The van der Waals surface area contributed by atoms with Crippen LogP contribution in [0.25, 0.3) is 5.69 Å². The third-order valence-electron chi connectivity index (χ3n) is 6.58. The molecule has 1 fully saturated rings. The summed E-state index contributed by atoms with van der Waals surface area (Å²) in [7, 11) is 2.96. The molecule has 1 aliphatic rings. The Morgan fingerprint density at radius 1 is 1.06 bits per heavy atom. The summed E-state index contributed by atoms with van der Waals surface area (Å²) in [4.78, 5) is 51.9. The molecule has 2 atom stereocenters. The molecule has 0 aliphatic carbocycles. The number of cyclic esters (lactones) is 2. The van der Waals surface area contributed by atoms with Gasteiger partial charge in [-0.1, -0.05) is 13.8 Å². The number of Topliss-reactive ketones (excluding diaryl/α,β-unsaturated/α-hetero) is 1. The van der Waals surface area contributed by atoms with Gasteiger partial charge in [-0.15, -0.1) is 0 Å². The zero-order chi connectivity index (χ0) is 24.0. The Hall–Kier alpha value is -3.49. The molecule has 1 aromatic carbocycles. The molecule has 0 bridgehead atoms. The van der Waals surface area contributed by atoms with Crippen LogP contribution in [-0.2, 0) is 14.3 Å². The second-order valence-electron chi connectivity index (χ2n) is 8.54. The van der Waals surface area contributed by atoms with Crippen molar-refractivity contribution in [1.29, 1.82) is 0 Å². The lowest BCUT2D eigenvalue weighted by atomic mass is 9.56. The van der Waals surface area contributed by atoms with Crippen molar-refractivity contribution in [1.82, 2.24) is 9.78 Å². The highest BCUT2D eigenvalue weighted by atomic mass is 16.6. The molecule has 2 heterocycles. The van der Waals surface area contributed by atoms with Crippen molar-refractivity contribution in [3.8, 4) is 17.2 Å². The van der Waals surface area contributed by atoms with Gasteiger partial charge in [0.25, 0.3) is 5.56 Å². The molecule has 1 aliphatic heterocycles. The molecule has 0 saturated carbocycles. The Morgan fingerprint density at radius 2 is 1.69 bits per heavy atom. The molecule has 0 spiro atoms. The number of esters is 2. The fraction of sp³-hybridized carbons (Fsp3) is 0.435. The average molecular weight is 442 g/mol. The highest BCUT2D eigenvalue weighted by Crippen LogP contribution is 2.51. The molecule has 2 aromatic rings. The summed E-state index contributed by atoms with van der Waals surface area (Å²) in [6.45, 7) is 7.77. The van der Waals surface area contributed by atoms with Crippen molar-refractivity contribution in [2.75, 3.05) is 14.2 Å². The molecule has 32 heavy (non-hydrogen) atoms. The van der Waals surface area contributed by atoms with Crippen LogP contribution in [0.3, 0.4) is 0 Å². The lowest BCUT2D eigenvalue weighted by Crippen LogP contribution is -2.59. The van der Waals surface area contributed by atoms with E-state index in [0.717, 1.165) is 4.68 Å². The second-order valence-corrected chi connectivity index (χ2v) is 8.54. The number of aryl methyl sites for hydroxylation is 1. The number of rotatable bonds is 5. The maximum absolute atomic E-state index is 13.8. The standard InChI is InChI=1S/C23H26N2O7/c1-12-10-15(18(26)23(5)13(2)20(28)32-21(29)22(23,3)4)19(27)25(24-12)14-8-9-16(30-6)17(11-14)31-7/h8-11,13H,1-7H3. The number of carbonyl (C=O) groups is 3. The van der Waals surface area contributed by atoms with Crippen LogP contribution in [-0.4, -0.2) is 41.7 Å². The van der Waals surface area contributed by atoms with Crippen LogP contribution in [0.15, 0.2) is 29.1 Å². The van der Waals surface area contributed by atoms with E-state index in [1.165, 1.54) is 48.0 Å². The van der Waals surface area contributed by atoms with Crippen LogP contribution in [0.2, 0.25) is 0 Å². The van der Waals surface area contributed by atoms with E-state index in [0.29, 0.717) is 22.9 Å². The van der Waals surface area contributed by atoms with Gasteiger partial charge in [-0.05, 0) is 39.0 Å². The zero-order valence-electron chi connectivity index (χ0n) is 19.1. The van der Waals surface area contributed by atoms with E-state index >= 15 is 0 Å². The predicted molar refractivity (Wildman–Crippen MR) is 114 cm³/mol. The Labute approximate surface area is 185 Å². The van der Waals surface area contributed by atoms with Crippen LogP contribution in [0.4, 0.5) is 0 Å². The predicted octanol–water partition coefficient (Wildman–Crippen LogP) is 2.49. The van der Waals surface area contributed by atoms with E-state index in [1.54, 1.807) is 25.1 Å². The summed E-state index contributed by atoms with van der Waals surface area (Å²) in [5.74, 6) is -2.31. The Morgan fingerprint density at radius 3 is 2.28 bits per heavy atom. The monoisotopic (exact) mass is 442 g/mol. The highest BCUT2D eigenvalue weighted by Gasteiger charge is 2.62. The van der Waals surface area contributed by atoms with Gasteiger partial charge in [-0.2, -0.15) is 9.78 Å². The van der Waals surface area contributed by atoms with Crippen molar-refractivity contribution in [3.05, 3.63) is 45.9 Å². The minimum absolute atomic E-state index is 0.169. The van der Waals surface area contributed by atoms with Crippen molar-refractivity contribution >= 4 is 17.7 Å². The molecule has 0 radical (unpaired) electrons. The van der Waals surface area contributed by atoms with E-state index in [2.05, 4.69) is 5.10 Å². The van der Waals surface area contributed by atoms with Crippen LogP contribution < -0.4 is 15.0 Å². The smallest absolute Gasteiger partial charge is 0.320 e. The van der Waals surface area contributed by atoms with E-state index in [1.807, 2.05) is 0 Å². The maximum atomic E-state index is 13.8. The molecular weight excluding hydrogens is 416 g/mol. The molecule has 0 N–H and O–H groups in total. The summed E-state index contributed by atoms with van der Waals surface area (Å²) in [5.41, 5.74) is -2.92. The molecule has 170 valence electrons. The molecule has 0 amide bonds. The maximum Gasteiger partial charge on any atom is 0.320 e. The average Bonchev–Trinajstić information content (AvgIpc) is 2.77. The fourth-order valence-corrected chi connectivity index (χ4v) is 3.97. The minimum atomic E-state index is -1.50. The molecule has 1 aromatic heterocycles. The summed E-state index contributed by atoms with van der Waals surface area (Å²) in [5, 5.41) is 4.27. The molecule has 9 nitrogen and oxygen atoms in total. The minimum Gasteiger partial charge on any atom is -0.493 e. The molecule has 1 saturated heterocycles. The highest BCUT2D eigenvalue weighted by molar-refractivity contribution is 6.08. The Bertz CT molecular complexity index is 1180. The van der Waals surface area contributed by atoms with Crippen LogP contribution in [0.1, 0.15) is 43.7 Å². The Balaban J connectivity index is 2.21. The number of aromatic nitrogens is 2. The van der Waals surface area contributed by atoms with E-state index in [4.69, 9.17) is 14.2 Å². The summed E-state index contributed by atoms with van der Waals surface area (Å²) in [6, 6.07) is 6.17. The van der Waals surface area contributed by atoms with Crippen LogP contribution >= 0.6 is 0 Å². The van der Waals surface area contributed by atoms with Crippen molar-refractivity contribution in [2.45, 2.75) is 34.6 Å². The van der Waals surface area contributed by atoms with Gasteiger partial charge < -0.3 is 14.2 Å². The number of hydrogen-bond donors (Lipinski definition) is 0. The number of benzene rings is 1. The number of hydrogen-bond acceptors (Lipinski definition) is 8. The van der Waals surface area contributed by atoms with E-state index in [9.17, 15) is 19.2 Å². The largest absolute Gasteiger partial charge is 0.493 e. The first kappa shape index (κ1) is 23.2. The summed E-state index contributed by atoms with van der Waals surface area (Å²) < 4.78 is 16.5. The summed E-state index contributed by atoms with van der Waals surface area (Å²) >= 11 is 0. The summed E-state index contributed by atoms with van der Waals surface area (Å²) in [6.07, 6.45) is 0. The van der Waals surface area contributed by atoms with Crippen molar-refractivity contribution in [3.63, 3.8) is 0 Å². The van der Waals surface area contributed by atoms with Crippen molar-refractivity contribution in [2.24, 2.45) is 16.7 Å². The van der Waals surface area contributed by atoms with Gasteiger partial charge in [0.05, 0.1) is 47.9 Å². The lowest BCUT2D eigenvalue weighted by molar-refractivity contribution is -0.187. The fourth-order valence-electron chi connectivity index (χ4n) is 3.97. The van der Waals surface area contributed by atoms with Gasteiger partial charge in [0.15, 0.2) is 17.3 Å². The van der Waals surface area contributed by atoms with E-state index < -0.39 is 40.0 Å². The topological polar surface area (TPSA) is 114 Å². The number of ketones is 1. The van der Waals surface area contributed by atoms with Crippen molar-refractivity contribution < 1.29 is 28.6 Å². The lowest BCUT2D eigenvalue weighted by Gasteiger charge is -2.47. The Kier molecular flexibility index (Phi) is 5.71. The third-order valence-corrected chi connectivity index (χ3v) is 6.58. The molecule has 9 heteroatoms. The quantitative estimate of drug-likeness (QED) is 0.394. The van der Waals surface area contributed by atoms with E-state index in [-0.39, 0.29) is 5.56 Å². The first-order valence-electron chi connectivity index (χ1n) is 10.0. The molecule has 3 rings (SSSR count). The first-order valence-corrected chi connectivity index (χ1v) is 10.0. The van der Waals surface area contributed by atoms with Gasteiger partial charge in [0.2, 0.25) is 0 Å². The zero-order valence-corrected chi connectivity index (χ0v) is 19.1. The van der Waals surface area contributed by atoms with Gasteiger partial charge >= 0.3 is 11.9 Å². The van der Waals surface area contributed by atoms with Gasteiger partial charge in [0.1, 0.15) is 0 Å². The van der Waals surface area contributed by atoms with Crippen LogP contribution in [0, 0.1) is 23.7 Å². The normalized spacial score (nSPS) is 22.3. The molecule has 2 unspecified atom stereocenters. The SMILES string of the molecule is COc1ccc(-n2nc(C)cc(C(=O)C3(C)C(C)C(=O)OC(=O)C3(C)C)c2=O)cc1OC. The molecular formula is C23H26N2O7. The number of nitrogens with zero attached hydrogens (tertiary/aromatic N) is 2. The first-order chi connectivity index (χ1) is 14.9. The number of carbonyl (C=O) groups excluding carboxylic acids is 3. The second kappa shape index (κ2) is 7.89. The van der Waals surface area contributed by atoms with Gasteiger partial charge in [0, 0.05) is 6.07 Å². The number of ether oxygens (including phenoxy) is 3. The number of methoxy groups -OCH3 is 2. The van der Waals surface area contributed by atoms with Crippen LogP contribution in [0.5, 0.6) is 11.5 Å². The third kappa shape index (κ3) is 3.28. The van der Waals surface area contributed by atoms with Gasteiger partial charge in [-0.25, -0.2) is 0 Å². The van der Waals surface area contributed by atoms with Gasteiger partial charge in [-0.3, -0.25) is 19.2 Å².